The van der Waals surface area contributed by atoms with Crippen LogP contribution >= 0.6 is 0 Å². The molecule has 0 aliphatic heterocycles. The number of aromatic nitrogens is 5. The zero-order valence-electron chi connectivity index (χ0n) is 15.2. The summed E-state index contributed by atoms with van der Waals surface area (Å²) in [7, 11) is 5.51. The summed E-state index contributed by atoms with van der Waals surface area (Å²) in [5.41, 5.74) is 2.17. The number of benzene rings is 1. The van der Waals surface area contributed by atoms with Crippen LogP contribution in [0.15, 0.2) is 42.9 Å². The maximum atomic E-state index is 12.9. The van der Waals surface area contributed by atoms with Crippen LogP contribution in [0.3, 0.4) is 0 Å². The molecule has 3 rings (SSSR count). The monoisotopic (exact) mass is 351 g/mol. The van der Waals surface area contributed by atoms with Crippen molar-refractivity contribution in [3.63, 3.8) is 0 Å². The molecule has 1 aromatic carbocycles. The Kier molecular flexibility index (Phi) is 4.92. The Hall–Kier alpha value is -3.29. The molecule has 8 nitrogen and oxygen atoms in total. The maximum Gasteiger partial charge on any atom is 0.254 e. The SMILES string of the molecule is C[C@@H](c1ccncn1)N(C)C(=O)c1cccc(-c2nc(N(C)C)n[nH]2)c1. The van der Waals surface area contributed by atoms with Gasteiger partial charge in [-0.05, 0) is 25.1 Å². The summed E-state index contributed by atoms with van der Waals surface area (Å²) in [6, 6.07) is 8.97. The third-order valence-electron chi connectivity index (χ3n) is 4.19. The van der Waals surface area contributed by atoms with Crippen LogP contribution in [-0.2, 0) is 0 Å². The van der Waals surface area contributed by atoms with Crippen molar-refractivity contribution < 1.29 is 4.79 Å². The highest BCUT2D eigenvalue weighted by Gasteiger charge is 2.20. The molecule has 26 heavy (non-hydrogen) atoms. The molecular weight excluding hydrogens is 330 g/mol. The molecule has 0 fully saturated rings. The molecule has 0 saturated heterocycles. The summed E-state index contributed by atoms with van der Waals surface area (Å²) in [6.07, 6.45) is 3.15. The lowest BCUT2D eigenvalue weighted by Crippen LogP contribution is -2.30. The number of anilines is 1. The summed E-state index contributed by atoms with van der Waals surface area (Å²) in [5.74, 6) is 1.12. The third-order valence-corrected chi connectivity index (χ3v) is 4.19. The van der Waals surface area contributed by atoms with Crippen molar-refractivity contribution in [3.8, 4) is 11.4 Å². The summed E-state index contributed by atoms with van der Waals surface area (Å²) in [4.78, 5) is 28.9. The van der Waals surface area contributed by atoms with Gasteiger partial charge in [0, 0.05) is 38.5 Å². The smallest absolute Gasteiger partial charge is 0.254 e. The van der Waals surface area contributed by atoms with Crippen LogP contribution in [0.4, 0.5) is 5.95 Å². The van der Waals surface area contributed by atoms with Crippen molar-refractivity contribution in [1.82, 2.24) is 30.0 Å². The van der Waals surface area contributed by atoms with E-state index >= 15 is 0 Å². The summed E-state index contributed by atoms with van der Waals surface area (Å²) < 4.78 is 0. The Bertz CT molecular complexity index is 891. The second-order valence-corrected chi connectivity index (χ2v) is 6.19. The molecule has 0 saturated carbocycles. The predicted octanol–water partition coefficient (Wildman–Crippen LogP) is 2.16. The Morgan fingerprint density at radius 2 is 2.00 bits per heavy atom. The van der Waals surface area contributed by atoms with Gasteiger partial charge in [-0.15, -0.1) is 5.10 Å². The van der Waals surface area contributed by atoms with E-state index in [9.17, 15) is 4.79 Å². The molecule has 134 valence electrons. The molecule has 0 aliphatic rings. The van der Waals surface area contributed by atoms with E-state index in [0.29, 0.717) is 17.3 Å². The van der Waals surface area contributed by atoms with Gasteiger partial charge >= 0.3 is 0 Å². The molecule has 1 atom stereocenters. The molecular formula is C18H21N7O. The fraction of sp³-hybridized carbons (Fsp3) is 0.278. The van der Waals surface area contributed by atoms with Gasteiger partial charge in [0.05, 0.1) is 11.7 Å². The van der Waals surface area contributed by atoms with Crippen molar-refractivity contribution in [2.75, 3.05) is 26.0 Å². The molecule has 8 heteroatoms. The molecule has 0 radical (unpaired) electrons. The van der Waals surface area contributed by atoms with Crippen LogP contribution in [0, 0.1) is 0 Å². The van der Waals surface area contributed by atoms with E-state index < -0.39 is 0 Å². The minimum atomic E-state index is -0.167. The van der Waals surface area contributed by atoms with Crippen molar-refractivity contribution >= 4 is 11.9 Å². The second kappa shape index (κ2) is 7.30. The topological polar surface area (TPSA) is 90.9 Å². The molecule has 0 bridgehead atoms. The second-order valence-electron chi connectivity index (χ2n) is 6.19. The van der Waals surface area contributed by atoms with Gasteiger partial charge < -0.3 is 9.80 Å². The van der Waals surface area contributed by atoms with Crippen LogP contribution < -0.4 is 4.90 Å². The molecule has 0 aliphatic carbocycles. The summed E-state index contributed by atoms with van der Waals surface area (Å²) >= 11 is 0. The van der Waals surface area contributed by atoms with Gasteiger partial charge in [-0.25, -0.2) is 9.97 Å². The van der Waals surface area contributed by atoms with E-state index in [0.717, 1.165) is 11.3 Å². The number of aromatic amines is 1. The van der Waals surface area contributed by atoms with Gasteiger partial charge in [0.1, 0.15) is 6.33 Å². The normalized spacial score (nSPS) is 11.8. The lowest BCUT2D eigenvalue weighted by atomic mass is 10.1. The largest absolute Gasteiger partial charge is 0.346 e. The van der Waals surface area contributed by atoms with Crippen molar-refractivity contribution in [3.05, 3.63) is 54.1 Å². The first-order valence-electron chi connectivity index (χ1n) is 8.20. The molecule has 0 unspecified atom stereocenters. The Morgan fingerprint density at radius 3 is 2.65 bits per heavy atom. The van der Waals surface area contributed by atoms with Crippen molar-refractivity contribution in [2.24, 2.45) is 0 Å². The first kappa shape index (κ1) is 17.5. The van der Waals surface area contributed by atoms with Crippen molar-refractivity contribution in [2.45, 2.75) is 13.0 Å². The lowest BCUT2D eigenvalue weighted by molar-refractivity contribution is 0.0739. The Morgan fingerprint density at radius 1 is 1.19 bits per heavy atom. The zero-order chi connectivity index (χ0) is 18.7. The molecule has 1 amide bonds. The molecule has 2 heterocycles. The first-order chi connectivity index (χ1) is 12.5. The van der Waals surface area contributed by atoms with Crippen molar-refractivity contribution in [1.29, 1.82) is 0 Å². The number of hydrogen-bond acceptors (Lipinski definition) is 6. The minimum Gasteiger partial charge on any atom is -0.346 e. The van der Waals surface area contributed by atoms with Crippen LogP contribution in [0.25, 0.3) is 11.4 Å². The van der Waals surface area contributed by atoms with E-state index in [4.69, 9.17) is 0 Å². The molecule has 1 N–H and O–H groups in total. The van der Waals surface area contributed by atoms with E-state index in [1.165, 1.54) is 6.33 Å². The number of carbonyl (C=O) groups excluding carboxylic acids is 1. The standard InChI is InChI=1S/C18H21N7O/c1-12(15-8-9-19-11-20-15)25(4)17(26)14-7-5-6-13(10-14)16-21-18(23-22-16)24(2)3/h5-12H,1-4H3,(H,21,22,23)/t12-/m0/s1. The van der Waals surface area contributed by atoms with E-state index in [-0.39, 0.29) is 11.9 Å². The Balaban J connectivity index is 1.83. The highest BCUT2D eigenvalue weighted by Crippen LogP contribution is 2.22. The zero-order valence-corrected chi connectivity index (χ0v) is 15.2. The number of nitrogens with one attached hydrogen (secondary N) is 1. The Labute approximate surface area is 151 Å². The highest BCUT2D eigenvalue weighted by molar-refractivity contribution is 5.95. The fourth-order valence-electron chi connectivity index (χ4n) is 2.51. The highest BCUT2D eigenvalue weighted by atomic mass is 16.2. The van der Waals surface area contributed by atoms with Crippen LogP contribution in [-0.4, -0.2) is 57.1 Å². The number of H-pyrrole nitrogens is 1. The van der Waals surface area contributed by atoms with E-state index in [1.807, 2.05) is 50.2 Å². The van der Waals surface area contributed by atoms with Gasteiger partial charge in [0.25, 0.3) is 5.91 Å². The maximum absolute atomic E-state index is 12.9. The van der Waals surface area contributed by atoms with E-state index in [2.05, 4.69) is 25.1 Å². The lowest BCUT2D eigenvalue weighted by Gasteiger charge is -2.24. The molecule has 3 aromatic rings. The first-order valence-corrected chi connectivity index (χ1v) is 8.20. The number of amides is 1. The van der Waals surface area contributed by atoms with Gasteiger partial charge in [-0.2, -0.15) is 4.98 Å². The van der Waals surface area contributed by atoms with E-state index in [1.54, 1.807) is 24.2 Å². The number of rotatable bonds is 5. The number of carbonyl (C=O) groups is 1. The van der Waals surface area contributed by atoms with Gasteiger partial charge in [0.2, 0.25) is 5.95 Å². The van der Waals surface area contributed by atoms with Crippen LogP contribution in [0.5, 0.6) is 0 Å². The quantitative estimate of drug-likeness (QED) is 0.757. The number of hydrogen-bond donors (Lipinski definition) is 1. The number of nitrogens with zero attached hydrogens (tertiary/aromatic N) is 6. The molecule has 0 spiro atoms. The summed E-state index contributed by atoms with van der Waals surface area (Å²) in [6.45, 7) is 1.93. The fourth-order valence-corrected chi connectivity index (χ4v) is 2.51. The minimum absolute atomic E-state index is 0.0923. The summed E-state index contributed by atoms with van der Waals surface area (Å²) in [5, 5.41) is 7.05. The average Bonchev–Trinajstić information content (AvgIpc) is 3.17. The van der Waals surface area contributed by atoms with Crippen LogP contribution in [0.1, 0.15) is 29.0 Å². The predicted molar refractivity (Wildman–Crippen MR) is 98.7 cm³/mol. The van der Waals surface area contributed by atoms with Gasteiger partial charge in [0.15, 0.2) is 5.82 Å². The average molecular weight is 351 g/mol. The van der Waals surface area contributed by atoms with Gasteiger partial charge in [-0.3, -0.25) is 9.89 Å². The molecule has 2 aromatic heterocycles. The third kappa shape index (κ3) is 3.53. The van der Waals surface area contributed by atoms with Crippen LogP contribution in [0.2, 0.25) is 0 Å². The van der Waals surface area contributed by atoms with Gasteiger partial charge in [-0.1, -0.05) is 12.1 Å².